The number of nitrogens with one attached hydrogen (secondary N) is 1. The number of phenolic OH excluding ortho intramolecular Hbond substituents is 1. The Kier molecular flexibility index (Phi) is 3.12. The number of anilines is 1. The lowest BCUT2D eigenvalue weighted by atomic mass is 10.3. The van der Waals surface area contributed by atoms with E-state index < -0.39 is 10.0 Å². The highest BCUT2D eigenvalue weighted by molar-refractivity contribution is 9.10. The molecule has 1 fully saturated rings. The third kappa shape index (κ3) is 2.89. The lowest BCUT2D eigenvalue weighted by molar-refractivity contribution is 0.474. The topological polar surface area (TPSA) is 66.4 Å². The number of aromatic hydroxyl groups is 1. The van der Waals surface area contributed by atoms with Gasteiger partial charge < -0.3 is 5.11 Å². The van der Waals surface area contributed by atoms with E-state index in [0.717, 1.165) is 12.8 Å². The second-order valence-electron chi connectivity index (χ2n) is 3.96. The average molecular weight is 306 g/mol. The Morgan fingerprint density at radius 2 is 2.12 bits per heavy atom. The summed E-state index contributed by atoms with van der Waals surface area (Å²) in [5, 5.41) is 9.64. The van der Waals surface area contributed by atoms with E-state index in [-0.39, 0.29) is 23.1 Å². The van der Waals surface area contributed by atoms with E-state index in [2.05, 4.69) is 20.7 Å². The molecule has 88 valence electrons. The van der Waals surface area contributed by atoms with Crippen molar-refractivity contribution in [1.82, 2.24) is 0 Å². The van der Waals surface area contributed by atoms with Crippen LogP contribution < -0.4 is 4.72 Å². The van der Waals surface area contributed by atoms with Crippen molar-refractivity contribution in [2.45, 2.75) is 12.8 Å². The van der Waals surface area contributed by atoms with E-state index in [4.69, 9.17) is 0 Å². The normalized spacial score (nSPS) is 16.1. The minimum Gasteiger partial charge on any atom is -0.505 e. The number of hydrogen-bond acceptors (Lipinski definition) is 3. The summed E-state index contributed by atoms with van der Waals surface area (Å²) < 4.78 is 26.2. The summed E-state index contributed by atoms with van der Waals surface area (Å²) in [6.07, 6.45) is 1.96. The van der Waals surface area contributed by atoms with Crippen molar-refractivity contribution >= 4 is 31.6 Å². The predicted octanol–water partition coefficient (Wildman–Crippen LogP) is 2.31. The van der Waals surface area contributed by atoms with E-state index in [1.165, 1.54) is 6.07 Å². The summed E-state index contributed by atoms with van der Waals surface area (Å²) in [5.41, 5.74) is 0.218. The van der Waals surface area contributed by atoms with Crippen LogP contribution in [-0.2, 0) is 10.0 Å². The highest BCUT2D eigenvalue weighted by Gasteiger charge is 2.28. The predicted molar refractivity (Wildman–Crippen MR) is 65.9 cm³/mol. The van der Waals surface area contributed by atoms with Crippen LogP contribution in [0.4, 0.5) is 5.69 Å². The van der Waals surface area contributed by atoms with Crippen LogP contribution >= 0.6 is 15.9 Å². The summed E-state index contributed by atoms with van der Waals surface area (Å²) >= 11 is 3.13. The standard InChI is InChI=1S/C10H12BrNO3S/c11-8-2-1-3-9(10(8)13)12-16(14,15)6-7-4-5-7/h1-3,7,12-13H,4-6H2. The monoisotopic (exact) mass is 305 g/mol. The Balaban J connectivity index is 2.16. The Morgan fingerprint density at radius 1 is 1.44 bits per heavy atom. The number of rotatable bonds is 4. The van der Waals surface area contributed by atoms with Crippen molar-refractivity contribution in [1.29, 1.82) is 0 Å². The van der Waals surface area contributed by atoms with Gasteiger partial charge in [0.05, 0.1) is 15.9 Å². The molecule has 0 saturated heterocycles. The van der Waals surface area contributed by atoms with Gasteiger partial charge >= 0.3 is 0 Å². The van der Waals surface area contributed by atoms with Crippen LogP contribution in [0.25, 0.3) is 0 Å². The molecular formula is C10H12BrNO3S. The van der Waals surface area contributed by atoms with Crippen molar-refractivity contribution in [3.8, 4) is 5.75 Å². The first-order valence-electron chi connectivity index (χ1n) is 4.96. The van der Waals surface area contributed by atoms with Crippen molar-refractivity contribution < 1.29 is 13.5 Å². The zero-order valence-corrected chi connectivity index (χ0v) is 10.9. The fraction of sp³-hybridized carbons (Fsp3) is 0.400. The van der Waals surface area contributed by atoms with Gasteiger partial charge in [0.25, 0.3) is 0 Å². The molecule has 0 aliphatic heterocycles. The Hall–Kier alpha value is -0.750. The van der Waals surface area contributed by atoms with Gasteiger partial charge in [-0.25, -0.2) is 8.42 Å². The van der Waals surface area contributed by atoms with Crippen LogP contribution in [0, 0.1) is 5.92 Å². The number of benzene rings is 1. The van der Waals surface area contributed by atoms with Gasteiger partial charge in [0, 0.05) is 0 Å². The molecule has 1 aliphatic carbocycles. The molecule has 2 rings (SSSR count). The van der Waals surface area contributed by atoms with Crippen molar-refractivity contribution in [3.05, 3.63) is 22.7 Å². The zero-order valence-electron chi connectivity index (χ0n) is 8.48. The number of phenols is 1. The van der Waals surface area contributed by atoms with Gasteiger partial charge in [-0.1, -0.05) is 6.07 Å². The maximum atomic E-state index is 11.7. The van der Waals surface area contributed by atoms with Crippen molar-refractivity contribution in [2.75, 3.05) is 10.5 Å². The molecule has 0 amide bonds. The van der Waals surface area contributed by atoms with Gasteiger partial charge in [0.1, 0.15) is 0 Å². The molecule has 0 unspecified atom stereocenters. The van der Waals surface area contributed by atoms with E-state index in [1.54, 1.807) is 12.1 Å². The average Bonchev–Trinajstić information content (AvgIpc) is 2.95. The molecular weight excluding hydrogens is 294 g/mol. The molecule has 2 N–H and O–H groups in total. The fourth-order valence-electron chi connectivity index (χ4n) is 1.40. The van der Waals surface area contributed by atoms with Gasteiger partial charge in [0.15, 0.2) is 5.75 Å². The van der Waals surface area contributed by atoms with E-state index >= 15 is 0 Å². The largest absolute Gasteiger partial charge is 0.505 e. The zero-order chi connectivity index (χ0) is 11.8. The van der Waals surface area contributed by atoms with Gasteiger partial charge in [-0.05, 0) is 46.8 Å². The quantitative estimate of drug-likeness (QED) is 0.839. The number of hydrogen-bond donors (Lipinski definition) is 2. The number of sulfonamides is 1. The molecule has 0 heterocycles. The van der Waals surface area contributed by atoms with Crippen LogP contribution in [0.1, 0.15) is 12.8 Å². The molecule has 1 aromatic carbocycles. The molecule has 0 radical (unpaired) electrons. The molecule has 1 aliphatic rings. The minimum absolute atomic E-state index is 0.0816. The van der Waals surface area contributed by atoms with E-state index in [0.29, 0.717) is 4.47 Å². The van der Waals surface area contributed by atoms with Crippen LogP contribution in [-0.4, -0.2) is 19.3 Å². The second-order valence-corrected chi connectivity index (χ2v) is 6.58. The number of halogens is 1. The first-order chi connectivity index (χ1) is 7.48. The van der Waals surface area contributed by atoms with E-state index in [1.807, 2.05) is 0 Å². The third-order valence-corrected chi connectivity index (χ3v) is 4.49. The highest BCUT2D eigenvalue weighted by Crippen LogP contribution is 2.34. The molecule has 1 saturated carbocycles. The SMILES string of the molecule is O=S(=O)(CC1CC1)Nc1cccc(Br)c1O. The molecule has 1 aromatic rings. The number of para-hydroxylation sites is 1. The lowest BCUT2D eigenvalue weighted by Crippen LogP contribution is -2.17. The van der Waals surface area contributed by atoms with Gasteiger partial charge in [-0.2, -0.15) is 0 Å². The summed E-state index contributed by atoms with van der Waals surface area (Å²) in [6, 6.07) is 4.84. The van der Waals surface area contributed by atoms with Crippen LogP contribution in [0.2, 0.25) is 0 Å². The van der Waals surface area contributed by atoms with Crippen molar-refractivity contribution in [3.63, 3.8) is 0 Å². The molecule has 4 nitrogen and oxygen atoms in total. The lowest BCUT2D eigenvalue weighted by Gasteiger charge is -2.09. The maximum Gasteiger partial charge on any atom is 0.233 e. The highest BCUT2D eigenvalue weighted by atomic mass is 79.9. The van der Waals surface area contributed by atoms with E-state index in [9.17, 15) is 13.5 Å². The Bertz CT molecular complexity index is 497. The Labute approximate surface area is 103 Å². The van der Waals surface area contributed by atoms with Gasteiger partial charge in [-0.15, -0.1) is 0 Å². The Morgan fingerprint density at radius 3 is 2.75 bits per heavy atom. The van der Waals surface area contributed by atoms with Crippen LogP contribution in [0.5, 0.6) is 5.75 Å². The summed E-state index contributed by atoms with van der Waals surface area (Å²) in [6.45, 7) is 0. The second kappa shape index (κ2) is 4.25. The molecule has 0 bridgehead atoms. The summed E-state index contributed by atoms with van der Waals surface area (Å²) in [5.74, 6) is 0.340. The van der Waals surface area contributed by atoms with Crippen LogP contribution in [0.3, 0.4) is 0 Å². The smallest absolute Gasteiger partial charge is 0.233 e. The molecule has 6 heteroatoms. The maximum absolute atomic E-state index is 11.7. The van der Waals surface area contributed by atoms with Gasteiger partial charge in [0.2, 0.25) is 10.0 Å². The third-order valence-electron chi connectivity index (χ3n) is 2.40. The first kappa shape index (κ1) is 11.7. The molecule has 16 heavy (non-hydrogen) atoms. The molecule has 0 atom stereocenters. The van der Waals surface area contributed by atoms with Gasteiger partial charge in [-0.3, -0.25) is 4.72 Å². The molecule has 0 aromatic heterocycles. The van der Waals surface area contributed by atoms with Crippen molar-refractivity contribution in [2.24, 2.45) is 5.92 Å². The summed E-state index contributed by atoms with van der Waals surface area (Å²) in [4.78, 5) is 0. The summed E-state index contributed by atoms with van der Waals surface area (Å²) in [7, 11) is -3.34. The van der Waals surface area contributed by atoms with Crippen LogP contribution in [0.15, 0.2) is 22.7 Å². The molecule has 0 spiro atoms. The first-order valence-corrected chi connectivity index (χ1v) is 7.40. The minimum atomic E-state index is -3.34. The fourth-order valence-corrected chi connectivity index (χ4v) is 3.30.